The largest absolute Gasteiger partial charge is 0.392 e. The van der Waals surface area contributed by atoms with Gasteiger partial charge < -0.3 is 14.7 Å². The number of hydrogen-bond donors (Lipinski definition) is 1. The number of pyridine rings is 1. The summed E-state index contributed by atoms with van der Waals surface area (Å²) in [4.78, 5) is 6.26. The van der Waals surface area contributed by atoms with E-state index < -0.39 is 0 Å². The molecule has 0 aromatic carbocycles. The second-order valence-electron chi connectivity index (χ2n) is 3.30. The number of ether oxygens (including phenoxy) is 1. The molecule has 0 aliphatic heterocycles. The van der Waals surface area contributed by atoms with Crippen molar-refractivity contribution in [2.45, 2.75) is 13.5 Å². The van der Waals surface area contributed by atoms with Gasteiger partial charge in [-0.3, -0.25) is 0 Å². The molecule has 1 aromatic heterocycles. The van der Waals surface area contributed by atoms with E-state index in [1.807, 2.05) is 31.0 Å². The van der Waals surface area contributed by atoms with Crippen LogP contribution in [0.5, 0.6) is 0 Å². The van der Waals surface area contributed by atoms with Crippen molar-refractivity contribution in [3.63, 3.8) is 0 Å². The van der Waals surface area contributed by atoms with Crippen molar-refractivity contribution in [3.8, 4) is 0 Å². The van der Waals surface area contributed by atoms with Crippen LogP contribution in [0, 0.1) is 0 Å². The molecule has 0 saturated carbocycles. The molecule has 1 heterocycles. The number of hydrogen-bond acceptors (Lipinski definition) is 4. The molecule has 0 amide bonds. The Hall–Kier alpha value is -1.13. The first-order valence-electron chi connectivity index (χ1n) is 5.12. The minimum absolute atomic E-state index is 0.0376. The first-order chi connectivity index (χ1) is 7.27. The van der Waals surface area contributed by atoms with Gasteiger partial charge in [-0.25, -0.2) is 4.98 Å². The van der Waals surface area contributed by atoms with Gasteiger partial charge in [0.25, 0.3) is 0 Å². The maximum absolute atomic E-state index is 8.87. The minimum atomic E-state index is 0.0376. The third-order valence-electron chi connectivity index (χ3n) is 2.16. The molecule has 4 heteroatoms. The summed E-state index contributed by atoms with van der Waals surface area (Å²) in [5.74, 6) is 0.895. The second-order valence-corrected chi connectivity index (χ2v) is 3.30. The normalized spacial score (nSPS) is 10.3. The van der Waals surface area contributed by atoms with Gasteiger partial charge in [-0.05, 0) is 18.6 Å². The summed E-state index contributed by atoms with van der Waals surface area (Å²) >= 11 is 0. The zero-order valence-corrected chi connectivity index (χ0v) is 9.31. The molecule has 15 heavy (non-hydrogen) atoms. The van der Waals surface area contributed by atoms with E-state index in [1.165, 1.54) is 0 Å². The van der Waals surface area contributed by atoms with E-state index >= 15 is 0 Å². The van der Waals surface area contributed by atoms with Gasteiger partial charge in [-0.15, -0.1) is 0 Å². The van der Waals surface area contributed by atoms with Gasteiger partial charge in [0.05, 0.1) is 13.2 Å². The third kappa shape index (κ3) is 3.85. The highest BCUT2D eigenvalue weighted by Crippen LogP contribution is 2.08. The maximum atomic E-state index is 8.87. The van der Waals surface area contributed by atoms with E-state index in [2.05, 4.69) is 4.98 Å². The Morgan fingerprint density at radius 2 is 2.27 bits per heavy atom. The topological polar surface area (TPSA) is 45.6 Å². The van der Waals surface area contributed by atoms with Crippen LogP contribution in [0.15, 0.2) is 18.3 Å². The van der Waals surface area contributed by atoms with Gasteiger partial charge in [-0.2, -0.15) is 0 Å². The van der Waals surface area contributed by atoms with Crippen molar-refractivity contribution in [2.75, 3.05) is 31.7 Å². The number of anilines is 1. The molecule has 0 unspecified atom stereocenters. The van der Waals surface area contributed by atoms with Crippen LogP contribution in [0.3, 0.4) is 0 Å². The van der Waals surface area contributed by atoms with Crippen LogP contribution in [0.4, 0.5) is 5.82 Å². The smallest absolute Gasteiger partial charge is 0.128 e. The third-order valence-corrected chi connectivity index (χ3v) is 2.16. The van der Waals surface area contributed by atoms with Crippen LogP contribution in [0.2, 0.25) is 0 Å². The fraction of sp³-hybridized carbons (Fsp3) is 0.545. The van der Waals surface area contributed by atoms with Gasteiger partial charge in [0, 0.05) is 26.4 Å². The van der Waals surface area contributed by atoms with Gasteiger partial charge in [-0.1, -0.05) is 6.07 Å². The predicted molar refractivity (Wildman–Crippen MR) is 59.9 cm³/mol. The molecular formula is C11H18N2O2. The van der Waals surface area contributed by atoms with Gasteiger partial charge in [0.2, 0.25) is 0 Å². The van der Waals surface area contributed by atoms with Crippen molar-refractivity contribution < 1.29 is 9.84 Å². The van der Waals surface area contributed by atoms with Crippen LogP contribution in [0.25, 0.3) is 0 Å². The van der Waals surface area contributed by atoms with Gasteiger partial charge in [0.15, 0.2) is 0 Å². The number of nitrogens with zero attached hydrogens (tertiary/aromatic N) is 2. The van der Waals surface area contributed by atoms with Crippen LogP contribution >= 0.6 is 0 Å². The molecule has 0 radical (unpaired) electrons. The van der Waals surface area contributed by atoms with Crippen molar-refractivity contribution in [1.29, 1.82) is 0 Å². The summed E-state index contributed by atoms with van der Waals surface area (Å²) in [7, 11) is 1.97. The minimum Gasteiger partial charge on any atom is -0.392 e. The Morgan fingerprint density at radius 1 is 1.47 bits per heavy atom. The molecule has 0 aliphatic rings. The van der Waals surface area contributed by atoms with Crippen molar-refractivity contribution in [3.05, 3.63) is 23.9 Å². The SMILES string of the molecule is CCOCCN(C)c1ccc(CO)cn1. The van der Waals surface area contributed by atoms with Crippen LogP contribution < -0.4 is 4.90 Å². The van der Waals surface area contributed by atoms with E-state index in [0.29, 0.717) is 6.61 Å². The highest BCUT2D eigenvalue weighted by molar-refractivity contribution is 5.37. The Morgan fingerprint density at radius 3 is 2.80 bits per heavy atom. The molecule has 1 aromatic rings. The summed E-state index contributed by atoms with van der Waals surface area (Å²) < 4.78 is 5.26. The monoisotopic (exact) mass is 210 g/mol. The summed E-state index contributed by atoms with van der Waals surface area (Å²) in [5.41, 5.74) is 0.831. The Labute approximate surface area is 90.5 Å². The lowest BCUT2D eigenvalue weighted by Gasteiger charge is -2.17. The first-order valence-corrected chi connectivity index (χ1v) is 5.12. The van der Waals surface area contributed by atoms with E-state index in [0.717, 1.165) is 24.5 Å². The number of rotatable bonds is 6. The molecule has 1 N–H and O–H groups in total. The summed E-state index contributed by atoms with van der Waals surface area (Å²) in [5, 5.41) is 8.87. The van der Waals surface area contributed by atoms with E-state index in [9.17, 15) is 0 Å². The second kappa shape index (κ2) is 6.37. The number of likely N-dealkylation sites (N-methyl/N-ethyl adjacent to an activating group) is 1. The highest BCUT2D eigenvalue weighted by Gasteiger charge is 2.01. The van der Waals surface area contributed by atoms with Crippen LogP contribution in [-0.2, 0) is 11.3 Å². The highest BCUT2D eigenvalue weighted by atomic mass is 16.5. The summed E-state index contributed by atoms with van der Waals surface area (Å²) in [6.45, 7) is 4.28. The molecule has 0 saturated heterocycles. The Kier molecular flexibility index (Phi) is 5.07. The van der Waals surface area contributed by atoms with E-state index in [4.69, 9.17) is 9.84 Å². The zero-order chi connectivity index (χ0) is 11.1. The maximum Gasteiger partial charge on any atom is 0.128 e. The number of aliphatic hydroxyl groups excluding tert-OH is 1. The molecule has 0 spiro atoms. The molecule has 1 rings (SSSR count). The van der Waals surface area contributed by atoms with Crippen molar-refractivity contribution in [1.82, 2.24) is 4.98 Å². The molecule has 4 nitrogen and oxygen atoms in total. The first kappa shape index (κ1) is 11.9. The molecule has 0 fully saturated rings. The quantitative estimate of drug-likeness (QED) is 0.713. The van der Waals surface area contributed by atoms with Crippen LogP contribution in [-0.4, -0.2) is 36.9 Å². The van der Waals surface area contributed by atoms with E-state index in [1.54, 1.807) is 6.20 Å². The average Bonchev–Trinajstić information content (AvgIpc) is 2.29. The lowest BCUT2D eigenvalue weighted by Crippen LogP contribution is -2.23. The van der Waals surface area contributed by atoms with Crippen molar-refractivity contribution in [2.24, 2.45) is 0 Å². The molecular weight excluding hydrogens is 192 g/mol. The fourth-order valence-electron chi connectivity index (χ4n) is 1.20. The zero-order valence-electron chi connectivity index (χ0n) is 9.31. The Bertz CT molecular complexity index is 274. The van der Waals surface area contributed by atoms with Crippen molar-refractivity contribution >= 4 is 5.82 Å². The number of aromatic nitrogens is 1. The average molecular weight is 210 g/mol. The standard InChI is InChI=1S/C11H18N2O2/c1-3-15-7-6-13(2)11-5-4-10(9-14)8-12-11/h4-5,8,14H,3,6-7,9H2,1-2H3. The molecule has 84 valence electrons. The predicted octanol–water partition coefficient (Wildman–Crippen LogP) is 1.05. The Balaban J connectivity index is 2.46. The van der Waals surface area contributed by atoms with Crippen LogP contribution in [0.1, 0.15) is 12.5 Å². The summed E-state index contributed by atoms with van der Waals surface area (Å²) in [6.07, 6.45) is 1.69. The molecule has 0 atom stereocenters. The van der Waals surface area contributed by atoms with Gasteiger partial charge in [0.1, 0.15) is 5.82 Å². The lowest BCUT2D eigenvalue weighted by molar-refractivity contribution is 0.154. The van der Waals surface area contributed by atoms with E-state index in [-0.39, 0.29) is 6.61 Å². The lowest BCUT2D eigenvalue weighted by atomic mass is 10.3. The fourth-order valence-corrected chi connectivity index (χ4v) is 1.20. The molecule has 0 bridgehead atoms. The summed E-state index contributed by atoms with van der Waals surface area (Å²) in [6, 6.07) is 3.77. The molecule has 0 aliphatic carbocycles. The van der Waals surface area contributed by atoms with Gasteiger partial charge >= 0.3 is 0 Å². The number of aliphatic hydroxyl groups is 1.